The van der Waals surface area contributed by atoms with Gasteiger partial charge in [-0.1, -0.05) is 81.4 Å². The predicted octanol–water partition coefficient (Wildman–Crippen LogP) is 4.63. The second kappa shape index (κ2) is 15.6. The van der Waals surface area contributed by atoms with Crippen LogP contribution in [0.3, 0.4) is 0 Å². The number of benzene rings is 2. The number of ether oxygens (including phenoxy) is 1. The van der Waals surface area contributed by atoms with E-state index in [9.17, 15) is 19.5 Å². The molecule has 1 heterocycles. The lowest BCUT2D eigenvalue weighted by atomic mass is 9.86. The number of carbonyl (C=O) groups excluding carboxylic acids is 3. The molecule has 0 saturated heterocycles. The number of amides is 3. The normalized spacial score (nSPS) is 13.8. The fourth-order valence-electron chi connectivity index (χ4n) is 4.75. The van der Waals surface area contributed by atoms with E-state index < -0.39 is 41.2 Å². The predicted molar refractivity (Wildman–Crippen MR) is 175 cm³/mol. The molecule has 10 heteroatoms. The van der Waals surface area contributed by atoms with Gasteiger partial charge in [-0.3, -0.25) is 20.0 Å². The maximum absolute atomic E-state index is 13.6. The number of hydrogen-bond donors (Lipinski definition) is 4. The lowest BCUT2D eigenvalue weighted by molar-refractivity contribution is -0.135. The van der Waals surface area contributed by atoms with Crippen LogP contribution in [-0.4, -0.2) is 63.3 Å². The van der Waals surface area contributed by atoms with Crippen LogP contribution < -0.4 is 16.1 Å². The minimum atomic E-state index is -1.11. The number of aliphatic hydroxyl groups is 1. The van der Waals surface area contributed by atoms with E-state index in [1.165, 1.54) is 6.92 Å². The number of carbonyl (C=O) groups is 3. The third-order valence-electron chi connectivity index (χ3n) is 6.90. The number of alkyl carbamates (subject to hydrolysis) is 1. The molecule has 45 heavy (non-hydrogen) atoms. The number of hydrogen-bond acceptors (Lipinski definition) is 7. The van der Waals surface area contributed by atoms with Crippen molar-refractivity contribution < 1.29 is 24.2 Å². The minimum absolute atomic E-state index is 0.0298. The van der Waals surface area contributed by atoms with Crippen molar-refractivity contribution in [1.82, 2.24) is 26.1 Å². The average molecular weight is 618 g/mol. The van der Waals surface area contributed by atoms with Crippen LogP contribution in [0.2, 0.25) is 0 Å². The van der Waals surface area contributed by atoms with Crippen LogP contribution in [0.1, 0.15) is 59.6 Å². The quantitative estimate of drug-likeness (QED) is 0.218. The molecule has 2 aromatic carbocycles. The molecule has 0 spiro atoms. The number of aliphatic hydroxyl groups excluding tert-OH is 1. The molecule has 0 aliphatic rings. The van der Waals surface area contributed by atoms with E-state index in [1.807, 2.05) is 93.6 Å². The molecular formula is C35H47N5O5. The molecule has 0 aliphatic carbocycles. The molecule has 242 valence electrons. The number of nitrogens with one attached hydrogen (secondary N) is 3. The van der Waals surface area contributed by atoms with E-state index in [0.29, 0.717) is 6.42 Å². The van der Waals surface area contributed by atoms with Crippen molar-refractivity contribution in [2.24, 2.45) is 5.41 Å². The molecule has 3 rings (SSSR count). The highest BCUT2D eigenvalue weighted by Crippen LogP contribution is 2.21. The summed E-state index contributed by atoms with van der Waals surface area (Å²) >= 11 is 0. The SMILES string of the molecule is CC(=O)N[C@H](C(=O)NN(Cc1ccc(-c2ccccn2)cc1)C[C@H](O)[C@H](Cc1ccccc1)NC(=O)OC(C)(C)C)C(C)(C)C. The molecule has 10 nitrogen and oxygen atoms in total. The number of pyridine rings is 1. The summed E-state index contributed by atoms with van der Waals surface area (Å²) in [4.78, 5) is 42.8. The minimum Gasteiger partial charge on any atom is -0.444 e. The first kappa shape index (κ1) is 35.2. The van der Waals surface area contributed by atoms with Gasteiger partial charge >= 0.3 is 6.09 Å². The molecular weight excluding hydrogens is 570 g/mol. The van der Waals surface area contributed by atoms with Gasteiger partial charge in [-0.25, -0.2) is 9.80 Å². The Morgan fingerprint density at radius 2 is 1.51 bits per heavy atom. The molecule has 0 saturated carbocycles. The van der Waals surface area contributed by atoms with E-state index in [2.05, 4.69) is 21.0 Å². The summed E-state index contributed by atoms with van der Waals surface area (Å²) in [6.45, 7) is 12.5. The molecule has 0 fully saturated rings. The zero-order chi connectivity index (χ0) is 33.2. The molecule has 1 aromatic heterocycles. The standard InChI is InChI=1S/C35H47N5O5/c1-24(41)37-31(34(2,3)4)32(43)39-40(22-26-16-18-27(19-17-26)28-15-11-12-20-36-28)23-30(42)29(21-25-13-9-8-10-14-25)38-33(44)45-35(5,6)7/h8-20,29-31,42H,21-23H2,1-7H3,(H,37,41)(H,38,44)(H,39,43)/t29-,30-,31+/m0/s1. The molecule has 0 unspecified atom stereocenters. The van der Waals surface area contributed by atoms with E-state index in [0.717, 1.165) is 22.4 Å². The Morgan fingerprint density at radius 1 is 0.867 bits per heavy atom. The Hall–Kier alpha value is -4.28. The van der Waals surface area contributed by atoms with Crippen LogP contribution in [0.15, 0.2) is 79.0 Å². The molecule has 4 N–H and O–H groups in total. The van der Waals surface area contributed by atoms with Gasteiger partial charge in [0, 0.05) is 31.8 Å². The summed E-state index contributed by atoms with van der Waals surface area (Å²) in [7, 11) is 0. The van der Waals surface area contributed by atoms with Gasteiger partial charge in [-0.15, -0.1) is 0 Å². The summed E-state index contributed by atoms with van der Waals surface area (Å²) < 4.78 is 5.48. The van der Waals surface area contributed by atoms with Crippen LogP contribution in [0.4, 0.5) is 4.79 Å². The topological polar surface area (TPSA) is 133 Å². The maximum Gasteiger partial charge on any atom is 0.407 e. The second-order valence-corrected chi connectivity index (χ2v) is 13.3. The highest BCUT2D eigenvalue weighted by atomic mass is 16.6. The van der Waals surface area contributed by atoms with Gasteiger partial charge in [0.25, 0.3) is 5.91 Å². The Balaban J connectivity index is 1.88. The van der Waals surface area contributed by atoms with E-state index in [1.54, 1.807) is 32.0 Å². The third kappa shape index (κ3) is 12.0. The van der Waals surface area contributed by atoms with E-state index in [4.69, 9.17) is 4.74 Å². The fraction of sp³-hybridized carbons (Fsp3) is 0.429. The van der Waals surface area contributed by atoms with Gasteiger partial charge < -0.3 is 20.5 Å². The molecule has 0 bridgehead atoms. The van der Waals surface area contributed by atoms with Crippen molar-refractivity contribution in [3.05, 3.63) is 90.1 Å². The smallest absolute Gasteiger partial charge is 0.407 e. The lowest BCUT2D eigenvalue weighted by Crippen LogP contribution is -2.59. The van der Waals surface area contributed by atoms with Gasteiger partial charge in [0.1, 0.15) is 11.6 Å². The number of aromatic nitrogens is 1. The average Bonchev–Trinajstić information content (AvgIpc) is 2.95. The zero-order valence-electron chi connectivity index (χ0n) is 27.3. The Labute approximate surface area is 266 Å². The highest BCUT2D eigenvalue weighted by molar-refractivity contribution is 5.87. The molecule has 3 aromatic rings. The van der Waals surface area contributed by atoms with Gasteiger partial charge in [0.05, 0.1) is 17.8 Å². The fourth-order valence-corrected chi connectivity index (χ4v) is 4.75. The number of nitrogens with zero attached hydrogens (tertiary/aromatic N) is 2. The third-order valence-corrected chi connectivity index (χ3v) is 6.90. The van der Waals surface area contributed by atoms with Gasteiger partial charge in [0.15, 0.2) is 0 Å². The van der Waals surface area contributed by atoms with Crippen molar-refractivity contribution in [3.63, 3.8) is 0 Å². The number of rotatable bonds is 12. The van der Waals surface area contributed by atoms with Crippen molar-refractivity contribution in [3.8, 4) is 11.3 Å². The molecule has 3 amide bonds. The monoisotopic (exact) mass is 617 g/mol. The number of hydrazine groups is 1. The Bertz CT molecular complexity index is 1390. The van der Waals surface area contributed by atoms with Crippen LogP contribution in [-0.2, 0) is 27.3 Å². The van der Waals surface area contributed by atoms with Crippen LogP contribution in [0.5, 0.6) is 0 Å². The Kier molecular flexibility index (Phi) is 12.2. The summed E-state index contributed by atoms with van der Waals surface area (Å²) in [5.74, 6) is -0.749. The lowest BCUT2D eigenvalue weighted by Gasteiger charge is -2.34. The van der Waals surface area contributed by atoms with Crippen LogP contribution >= 0.6 is 0 Å². The highest BCUT2D eigenvalue weighted by Gasteiger charge is 2.34. The zero-order valence-corrected chi connectivity index (χ0v) is 27.3. The van der Waals surface area contributed by atoms with E-state index in [-0.39, 0.29) is 19.0 Å². The second-order valence-electron chi connectivity index (χ2n) is 13.3. The van der Waals surface area contributed by atoms with Gasteiger partial charge in [0.2, 0.25) is 5.91 Å². The summed E-state index contributed by atoms with van der Waals surface area (Å²) in [6.07, 6.45) is 0.305. The largest absolute Gasteiger partial charge is 0.444 e. The summed E-state index contributed by atoms with van der Waals surface area (Å²) in [5.41, 5.74) is 5.18. The molecule has 3 atom stereocenters. The van der Waals surface area contributed by atoms with Crippen molar-refractivity contribution >= 4 is 17.9 Å². The van der Waals surface area contributed by atoms with Crippen LogP contribution in [0.25, 0.3) is 11.3 Å². The molecule has 0 radical (unpaired) electrons. The summed E-state index contributed by atoms with van der Waals surface area (Å²) in [6, 6.07) is 21.4. The van der Waals surface area contributed by atoms with Crippen molar-refractivity contribution in [2.75, 3.05) is 6.54 Å². The Morgan fingerprint density at radius 3 is 2.07 bits per heavy atom. The van der Waals surface area contributed by atoms with E-state index >= 15 is 0 Å². The molecule has 0 aliphatic heterocycles. The van der Waals surface area contributed by atoms with Gasteiger partial charge in [-0.2, -0.15) is 0 Å². The maximum atomic E-state index is 13.6. The van der Waals surface area contributed by atoms with Crippen molar-refractivity contribution in [1.29, 1.82) is 0 Å². The summed E-state index contributed by atoms with van der Waals surface area (Å²) in [5, 5.41) is 18.8. The van der Waals surface area contributed by atoms with Gasteiger partial charge in [-0.05, 0) is 55.9 Å². The first-order valence-corrected chi connectivity index (χ1v) is 15.1. The first-order chi connectivity index (χ1) is 21.1. The van der Waals surface area contributed by atoms with Crippen LogP contribution in [0, 0.1) is 5.41 Å². The first-order valence-electron chi connectivity index (χ1n) is 15.1. The van der Waals surface area contributed by atoms with Crippen molar-refractivity contribution in [2.45, 2.75) is 85.2 Å².